The highest BCUT2D eigenvalue weighted by Gasteiger charge is 2.23. The van der Waals surface area contributed by atoms with Gasteiger partial charge in [-0.2, -0.15) is 0 Å². The van der Waals surface area contributed by atoms with Crippen molar-refractivity contribution in [2.24, 2.45) is 17.8 Å². The van der Waals surface area contributed by atoms with Gasteiger partial charge in [0.05, 0.1) is 18.1 Å². The number of thiazole rings is 3. The molecule has 402 valence electrons. The number of aryl methyl sites for hydroxylation is 1. The molecule has 3 aromatic carbocycles. The van der Waals surface area contributed by atoms with E-state index < -0.39 is 0 Å². The highest BCUT2D eigenvalue weighted by atomic mass is 32.1. The van der Waals surface area contributed by atoms with Crippen LogP contribution in [-0.4, -0.2) is 104 Å². The number of piperidine rings is 3. The Kier molecular flexibility index (Phi) is 21.0. The van der Waals surface area contributed by atoms with Gasteiger partial charge in [-0.15, -0.1) is 34.0 Å². The molecule has 7 aromatic rings. The van der Waals surface area contributed by atoms with Gasteiger partial charge in [-0.1, -0.05) is 48.0 Å². The highest BCUT2D eigenvalue weighted by molar-refractivity contribution is 7.16. The lowest BCUT2D eigenvalue weighted by atomic mass is 9.90. The van der Waals surface area contributed by atoms with Crippen molar-refractivity contribution in [2.75, 3.05) is 62.3 Å². The molecule has 76 heavy (non-hydrogen) atoms. The average Bonchev–Trinajstić information content (AvgIpc) is 4.18. The zero-order chi connectivity index (χ0) is 53.2. The number of fused-ring (bicyclic) bond motifs is 1. The monoisotopic (exact) mass is 1080 g/mol. The number of aromatic nitrogens is 5. The second-order valence-electron chi connectivity index (χ2n) is 20.4. The molecule has 0 spiro atoms. The molecule has 0 unspecified atom stereocenters. The summed E-state index contributed by atoms with van der Waals surface area (Å²) in [4.78, 5) is 65.9. The summed E-state index contributed by atoms with van der Waals surface area (Å²) in [6.07, 6.45) is 19.9. The van der Waals surface area contributed by atoms with Gasteiger partial charge in [-0.3, -0.25) is 39.1 Å². The van der Waals surface area contributed by atoms with Crippen LogP contribution in [0.15, 0.2) is 97.7 Å². The fourth-order valence-electron chi connectivity index (χ4n) is 10.1. The second kappa shape index (κ2) is 28.4. The van der Waals surface area contributed by atoms with Crippen LogP contribution in [0, 0.1) is 24.7 Å². The third kappa shape index (κ3) is 18.3. The Bertz CT molecular complexity index is 2920. The molecule has 18 heteroatoms. The molecular formula is C58H73N11O4S3. The summed E-state index contributed by atoms with van der Waals surface area (Å²) in [6.45, 7) is 16.2. The summed E-state index contributed by atoms with van der Waals surface area (Å²) in [6, 6.07) is 23.8. The SMILES string of the molecule is CC(=O)Nc1ncc(CN2CCC(Cc3ccc(C)cc3)CC2)s1.CC(=O)Nc1ncc(CN2CCC(Cc3ccc4nccnc4c3)CC2)s1.COc1ccc(CC2CCN(Cc3cnc(NC(C)=O)s3)CC2)cc1. The van der Waals surface area contributed by atoms with Crippen LogP contribution in [-0.2, 0) is 53.3 Å². The Hall–Kier alpha value is -6.02. The Morgan fingerprint density at radius 2 is 0.855 bits per heavy atom. The molecule has 4 aromatic heterocycles. The molecule has 0 atom stereocenters. The van der Waals surface area contributed by atoms with Crippen LogP contribution in [0.25, 0.3) is 11.0 Å². The molecule has 15 nitrogen and oxygen atoms in total. The molecule has 3 aliphatic rings. The summed E-state index contributed by atoms with van der Waals surface area (Å²) < 4.78 is 5.22. The smallest absolute Gasteiger partial charge is 0.223 e. The lowest BCUT2D eigenvalue weighted by Gasteiger charge is -2.31. The Morgan fingerprint density at radius 1 is 0.500 bits per heavy atom. The van der Waals surface area contributed by atoms with Gasteiger partial charge in [0.2, 0.25) is 17.7 Å². The first-order valence-electron chi connectivity index (χ1n) is 26.6. The number of nitrogens with zero attached hydrogens (tertiary/aromatic N) is 8. The maximum Gasteiger partial charge on any atom is 0.223 e. The average molecular weight is 1080 g/mol. The van der Waals surface area contributed by atoms with E-state index in [1.165, 1.54) is 103 Å². The Balaban J connectivity index is 0.000000151. The highest BCUT2D eigenvalue weighted by Crippen LogP contribution is 2.29. The zero-order valence-electron chi connectivity index (χ0n) is 44.6. The van der Waals surface area contributed by atoms with E-state index in [0.29, 0.717) is 21.3 Å². The number of hydrogen-bond acceptors (Lipinski definition) is 15. The van der Waals surface area contributed by atoms with E-state index in [4.69, 9.17) is 4.74 Å². The number of anilines is 3. The van der Waals surface area contributed by atoms with Crippen molar-refractivity contribution in [2.45, 2.75) is 105 Å². The molecular weight excluding hydrogens is 1010 g/mol. The van der Waals surface area contributed by atoms with Gasteiger partial charge in [0.1, 0.15) is 5.75 Å². The van der Waals surface area contributed by atoms with Crippen LogP contribution in [0.4, 0.5) is 15.4 Å². The first-order chi connectivity index (χ1) is 36.9. The molecule has 3 saturated heterocycles. The van der Waals surface area contributed by atoms with E-state index >= 15 is 0 Å². The molecule has 0 bridgehead atoms. The second-order valence-corrected chi connectivity index (χ2v) is 23.8. The lowest BCUT2D eigenvalue weighted by Crippen LogP contribution is -2.33. The quantitative estimate of drug-likeness (QED) is 0.0838. The van der Waals surface area contributed by atoms with Crippen molar-refractivity contribution in [1.29, 1.82) is 0 Å². The van der Waals surface area contributed by atoms with E-state index in [1.54, 1.807) is 53.5 Å². The van der Waals surface area contributed by atoms with Gasteiger partial charge >= 0.3 is 0 Å². The molecule has 3 N–H and O–H groups in total. The predicted octanol–water partition coefficient (Wildman–Crippen LogP) is 10.9. The molecule has 3 amide bonds. The van der Waals surface area contributed by atoms with Crippen molar-refractivity contribution in [3.63, 3.8) is 0 Å². The third-order valence-corrected chi connectivity index (χ3v) is 16.8. The van der Waals surface area contributed by atoms with Gasteiger partial charge < -0.3 is 20.7 Å². The summed E-state index contributed by atoms with van der Waals surface area (Å²) in [5.41, 5.74) is 7.47. The van der Waals surface area contributed by atoms with Gasteiger partial charge in [0, 0.05) is 86.0 Å². The van der Waals surface area contributed by atoms with E-state index in [2.05, 4.69) is 117 Å². The van der Waals surface area contributed by atoms with Gasteiger partial charge in [0.25, 0.3) is 0 Å². The molecule has 0 saturated carbocycles. The Morgan fingerprint density at radius 3 is 1.24 bits per heavy atom. The van der Waals surface area contributed by atoms with Crippen molar-refractivity contribution < 1.29 is 19.1 Å². The van der Waals surface area contributed by atoms with E-state index in [0.717, 1.165) is 100 Å². The van der Waals surface area contributed by atoms with Gasteiger partial charge in [0.15, 0.2) is 15.4 Å². The zero-order valence-corrected chi connectivity index (χ0v) is 47.1. The lowest BCUT2D eigenvalue weighted by molar-refractivity contribution is -0.115. The van der Waals surface area contributed by atoms with Crippen molar-refractivity contribution >= 4 is 78.2 Å². The number of ether oxygens (including phenoxy) is 1. The first-order valence-corrected chi connectivity index (χ1v) is 29.0. The van der Waals surface area contributed by atoms with E-state index in [1.807, 2.05) is 30.7 Å². The van der Waals surface area contributed by atoms with E-state index in [9.17, 15) is 14.4 Å². The number of carbonyl (C=O) groups is 3. The van der Waals surface area contributed by atoms with Crippen molar-refractivity contribution in [3.05, 3.63) is 135 Å². The molecule has 7 heterocycles. The van der Waals surface area contributed by atoms with Crippen LogP contribution in [0.2, 0.25) is 0 Å². The van der Waals surface area contributed by atoms with E-state index in [-0.39, 0.29) is 17.7 Å². The summed E-state index contributed by atoms with van der Waals surface area (Å²) in [5, 5.41) is 10.3. The maximum absolute atomic E-state index is 11.1. The molecule has 3 aliphatic heterocycles. The summed E-state index contributed by atoms with van der Waals surface area (Å²) in [5.74, 6) is 2.97. The van der Waals surface area contributed by atoms with Crippen LogP contribution < -0.4 is 20.7 Å². The first kappa shape index (κ1) is 56.2. The molecule has 3 fully saturated rings. The number of nitrogens with one attached hydrogen (secondary N) is 3. The number of methoxy groups -OCH3 is 1. The fourth-order valence-corrected chi connectivity index (χ4v) is 12.8. The topological polar surface area (TPSA) is 171 Å². The van der Waals surface area contributed by atoms with Crippen LogP contribution in [0.1, 0.15) is 96.2 Å². The van der Waals surface area contributed by atoms with Gasteiger partial charge in [-0.25, -0.2) is 15.0 Å². The minimum Gasteiger partial charge on any atom is -0.497 e. The van der Waals surface area contributed by atoms with Crippen LogP contribution in [0.5, 0.6) is 5.75 Å². The summed E-state index contributed by atoms with van der Waals surface area (Å²) in [7, 11) is 1.70. The normalized spacial score (nSPS) is 16.0. The van der Waals surface area contributed by atoms with Crippen LogP contribution in [0.3, 0.4) is 0 Å². The standard InChI is InChI=1S/C20H23N5OS.C19H25N3O2S.C19H25N3OS/c1-14(26)24-20-23-12-17(27-20)13-25-8-4-15(5-9-25)10-16-2-3-18-19(11-16)22-7-6-21-18;1-14(23)21-19-20-12-18(25-19)13-22-9-7-16(8-10-22)11-15-3-5-17(24-2)6-4-15;1-14-3-5-16(6-4-14)11-17-7-9-22(10-8-17)13-18-12-20-19(24-18)21-15(2)23/h2-3,6-7,11-12,15H,4-5,8-10,13H2,1H3,(H,23,24,26);3-6,12,16H,7-11,13H2,1-2H3,(H,20,21,23);3-6,12,17H,7-11,13H2,1-2H3,(H,20,21,23). The number of amides is 3. The maximum atomic E-state index is 11.1. The van der Waals surface area contributed by atoms with Crippen molar-refractivity contribution in [1.82, 2.24) is 39.6 Å². The third-order valence-electron chi connectivity index (χ3n) is 14.2. The predicted molar refractivity (Wildman–Crippen MR) is 308 cm³/mol. The summed E-state index contributed by atoms with van der Waals surface area (Å²) >= 11 is 4.70. The number of carbonyl (C=O) groups excluding carboxylic acids is 3. The molecule has 0 radical (unpaired) electrons. The molecule has 0 aliphatic carbocycles. The van der Waals surface area contributed by atoms with Gasteiger partial charge in [-0.05, 0) is 163 Å². The van der Waals surface area contributed by atoms with Crippen molar-refractivity contribution in [3.8, 4) is 5.75 Å². The minimum absolute atomic E-state index is 0.0622. The fraction of sp³-hybridized carbons (Fsp3) is 0.448. The number of rotatable bonds is 16. The number of benzene rings is 3. The minimum atomic E-state index is -0.0728. The number of likely N-dealkylation sites (tertiary alicyclic amines) is 3. The largest absolute Gasteiger partial charge is 0.497 e. The molecule has 10 rings (SSSR count). The number of hydrogen-bond donors (Lipinski definition) is 3. The van der Waals surface area contributed by atoms with Crippen LogP contribution >= 0.6 is 34.0 Å². The Labute approximate surface area is 460 Å².